The second kappa shape index (κ2) is 3.97. The van der Waals surface area contributed by atoms with E-state index in [1.54, 1.807) is 24.3 Å². The van der Waals surface area contributed by atoms with Crippen molar-refractivity contribution < 1.29 is 14.7 Å². The summed E-state index contributed by atoms with van der Waals surface area (Å²) in [7, 11) is 0. The van der Waals surface area contributed by atoms with E-state index in [2.05, 4.69) is 11.8 Å². The molecule has 1 heterocycles. The van der Waals surface area contributed by atoms with Gasteiger partial charge in [0.15, 0.2) is 0 Å². The SMILES string of the molecule is O=C1C2CC2C(=O)N1c1cccc(C#CCO)c1. The molecule has 90 valence electrons. The maximum Gasteiger partial charge on any atom is 0.237 e. The number of imide groups is 1. The van der Waals surface area contributed by atoms with E-state index in [0.717, 1.165) is 0 Å². The monoisotopic (exact) mass is 241 g/mol. The van der Waals surface area contributed by atoms with Gasteiger partial charge in [-0.2, -0.15) is 0 Å². The minimum atomic E-state index is -0.212. The fourth-order valence-corrected chi connectivity index (χ4v) is 2.30. The molecular formula is C14H11NO3. The Balaban J connectivity index is 1.93. The molecule has 0 bridgehead atoms. The van der Waals surface area contributed by atoms with Gasteiger partial charge in [0.05, 0.1) is 17.5 Å². The minimum absolute atomic E-state index is 0.0929. The summed E-state index contributed by atoms with van der Waals surface area (Å²) in [4.78, 5) is 25.1. The first kappa shape index (κ1) is 11.0. The van der Waals surface area contributed by atoms with Gasteiger partial charge in [-0.25, -0.2) is 0 Å². The average Bonchev–Trinajstić information content (AvgIpc) is 3.12. The van der Waals surface area contributed by atoms with Crippen LogP contribution in [0.2, 0.25) is 0 Å². The van der Waals surface area contributed by atoms with Crippen LogP contribution in [0.3, 0.4) is 0 Å². The molecule has 0 radical (unpaired) electrons. The van der Waals surface area contributed by atoms with Crippen molar-refractivity contribution >= 4 is 17.5 Å². The Hall–Kier alpha value is -2.12. The number of carbonyl (C=O) groups is 2. The number of piperidine rings is 1. The molecule has 1 aromatic carbocycles. The highest BCUT2D eigenvalue weighted by molar-refractivity contribution is 6.24. The zero-order valence-electron chi connectivity index (χ0n) is 9.59. The van der Waals surface area contributed by atoms with Crippen LogP contribution in [0.1, 0.15) is 12.0 Å². The fraction of sp³-hybridized carbons (Fsp3) is 0.286. The van der Waals surface area contributed by atoms with Gasteiger partial charge in [0, 0.05) is 5.56 Å². The van der Waals surface area contributed by atoms with Crippen molar-refractivity contribution in [3.05, 3.63) is 29.8 Å². The highest BCUT2D eigenvalue weighted by Gasteiger charge is 2.59. The fourth-order valence-electron chi connectivity index (χ4n) is 2.30. The summed E-state index contributed by atoms with van der Waals surface area (Å²) < 4.78 is 0. The number of nitrogens with zero attached hydrogens (tertiary/aromatic N) is 1. The number of aliphatic hydroxyl groups is 1. The van der Waals surface area contributed by atoms with E-state index in [0.29, 0.717) is 17.7 Å². The molecule has 4 heteroatoms. The molecule has 2 aliphatic rings. The third-order valence-corrected chi connectivity index (χ3v) is 3.28. The van der Waals surface area contributed by atoms with Crippen LogP contribution in [0.15, 0.2) is 24.3 Å². The van der Waals surface area contributed by atoms with Crippen molar-refractivity contribution in [1.82, 2.24) is 0 Å². The van der Waals surface area contributed by atoms with Gasteiger partial charge in [-0.3, -0.25) is 14.5 Å². The maximum atomic E-state index is 11.9. The Labute approximate surface area is 104 Å². The van der Waals surface area contributed by atoms with Crippen LogP contribution in [-0.2, 0) is 9.59 Å². The molecule has 1 aromatic rings. The van der Waals surface area contributed by atoms with Crippen LogP contribution in [0, 0.1) is 23.7 Å². The van der Waals surface area contributed by atoms with Crippen LogP contribution < -0.4 is 4.90 Å². The number of anilines is 1. The second-order valence-electron chi connectivity index (χ2n) is 4.47. The number of benzene rings is 1. The lowest BCUT2D eigenvalue weighted by molar-refractivity contribution is -0.123. The van der Waals surface area contributed by atoms with Gasteiger partial charge in [0.2, 0.25) is 11.8 Å². The van der Waals surface area contributed by atoms with Crippen molar-refractivity contribution in [2.75, 3.05) is 11.5 Å². The van der Waals surface area contributed by atoms with Crippen molar-refractivity contribution in [3.8, 4) is 11.8 Å². The molecule has 18 heavy (non-hydrogen) atoms. The maximum absolute atomic E-state index is 11.9. The van der Waals surface area contributed by atoms with Gasteiger partial charge < -0.3 is 5.11 Å². The zero-order chi connectivity index (χ0) is 12.7. The molecule has 2 unspecified atom stereocenters. The smallest absolute Gasteiger partial charge is 0.237 e. The van der Waals surface area contributed by atoms with Crippen LogP contribution >= 0.6 is 0 Å². The first-order valence-corrected chi connectivity index (χ1v) is 5.80. The summed E-state index contributed by atoms with van der Waals surface area (Å²) in [6.45, 7) is -0.212. The lowest BCUT2D eigenvalue weighted by Crippen LogP contribution is -2.32. The van der Waals surface area contributed by atoms with E-state index in [1.807, 2.05) is 0 Å². The van der Waals surface area contributed by atoms with E-state index in [-0.39, 0.29) is 30.3 Å². The second-order valence-corrected chi connectivity index (χ2v) is 4.47. The first-order valence-electron chi connectivity index (χ1n) is 5.80. The van der Waals surface area contributed by atoms with Crippen molar-refractivity contribution in [2.45, 2.75) is 6.42 Å². The summed E-state index contributed by atoms with van der Waals surface area (Å²) >= 11 is 0. The van der Waals surface area contributed by atoms with Crippen molar-refractivity contribution in [1.29, 1.82) is 0 Å². The molecule has 2 fully saturated rings. The topological polar surface area (TPSA) is 57.6 Å². The van der Waals surface area contributed by atoms with Gasteiger partial charge in [-0.1, -0.05) is 17.9 Å². The third kappa shape index (κ3) is 1.60. The highest BCUT2D eigenvalue weighted by atomic mass is 16.2. The van der Waals surface area contributed by atoms with E-state index in [1.165, 1.54) is 4.90 Å². The van der Waals surface area contributed by atoms with E-state index in [4.69, 9.17) is 5.11 Å². The molecule has 1 aliphatic carbocycles. The Morgan fingerprint density at radius 3 is 2.67 bits per heavy atom. The Morgan fingerprint density at radius 2 is 2.00 bits per heavy atom. The standard InChI is InChI=1S/C14H11NO3/c16-6-2-4-9-3-1-5-10(7-9)15-13(17)11-8-12(11)14(15)18/h1,3,5,7,11-12,16H,6,8H2. The Bertz CT molecular complexity index is 577. The van der Waals surface area contributed by atoms with Crippen molar-refractivity contribution in [2.24, 2.45) is 11.8 Å². The van der Waals surface area contributed by atoms with Crippen LogP contribution in [-0.4, -0.2) is 23.5 Å². The molecule has 1 aliphatic heterocycles. The normalized spacial score (nSPS) is 24.6. The predicted molar refractivity (Wildman–Crippen MR) is 64.5 cm³/mol. The summed E-state index contributed by atoms with van der Waals surface area (Å²) in [5.41, 5.74) is 1.25. The number of rotatable bonds is 1. The predicted octanol–water partition coefficient (Wildman–Crippen LogP) is 0.540. The number of amides is 2. The molecule has 4 nitrogen and oxygen atoms in total. The van der Waals surface area contributed by atoms with Gasteiger partial charge in [-0.05, 0) is 24.6 Å². The summed E-state index contributed by atoms with van der Waals surface area (Å²) in [6, 6.07) is 6.95. The average molecular weight is 241 g/mol. The zero-order valence-corrected chi connectivity index (χ0v) is 9.59. The molecule has 0 aromatic heterocycles. The van der Waals surface area contributed by atoms with Crippen molar-refractivity contribution in [3.63, 3.8) is 0 Å². The Morgan fingerprint density at radius 1 is 1.28 bits per heavy atom. The lowest BCUT2D eigenvalue weighted by atomic mass is 10.2. The quantitative estimate of drug-likeness (QED) is 0.576. The van der Waals surface area contributed by atoms with Gasteiger partial charge in [0.1, 0.15) is 6.61 Å². The molecular weight excluding hydrogens is 230 g/mol. The molecule has 2 atom stereocenters. The van der Waals surface area contributed by atoms with Crippen LogP contribution in [0.4, 0.5) is 5.69 Å². The highest BCUT2D eigenvalue weighted by Crippen LogP contribution is 2.48. The van der Waals surface area contributed by atoms with E-state index in [9.17, 15) is 9.59 Å². The lowest BCUT2D eigenvalue weighted by Gasteiger charge is -2.16. The van der Waals surface area contributed by atoms with Gasteiger partial charge >= 0.3 is 0 Å². The number of hydrogen-bond acceptors (Lipinski definition) is 3. The van der Waals surface area contributed by atoms with Gasteiger partial charge in [-0.15, -0.1) is 0 Å². The Kier molecular flexibility index (Phi) is 2.42. The van der Waals surface area contributed by atoms with Gasteiger partial charge in [0.25, 0.3) is 0 Å². The largest absolute Gasteiger partial charge is 0.384 e. The molecule has 1 N–H and O–H groups in total. The number of aliphatic hydroxyl groups excluding tert-OH is 1. The number of carbonyl (C=O) groups excluding carboxylic acids is 2. The number of hydrogen-bond donors (Lipinski definition) is 1. The minimum Gasteiger partial charge on any atom is -0.384 e. The van der Waals surface area contributed by atoms with Crippen LogP contribution in [0.25, 0.3) is 0 Å². The summed E-state index contributed by atoms with van der Waals surface area (Å²) in [5, 5.41) is 8.64. The number of fused-ring (bicyclic) bond motifs is 1. The van der Waals surface area contributed by atoms with E-state index < -0.39 is 0 Å². The summed E-state index contributed by atoms with van der Waals surface area (Å²) in [6.07, 6.45) is 0.707. The molecule has 1 saturated carbocycles. The molecule has 2 amide bonds. The first-order chi connectivity index (χ1) is 8.72. The molecule has 1 saturated heterocycles. The molecule has 3 rings (SSSR count). The third-order valence-electron chi connectivity index (χ3n) is 3.28. The van der Waals surface area contributed by atoms with Crippen LogP contribution in [0.5, 0.6) is 0 Å². The summed E-state index contributed by atoms with van der Waals surface area (Å²) in [5.74, 6) is 4.92. The molecule has 0 spiro atoms. The van der Waals surface area contributed by atoms with E-state index >= 15 is 0 Å².